The highest BCUT2D eigenvalue weighted by Gasteiger charge is 2.19. The predicted octanol–water partition coefficient (Wildman–Crippen LogP) is 3.55. The maximum atomic E-state index is 12.3. The van der Waals surface area contributed by atoms with Gasteiger partial charge in [-0.2, -0.15) is 4.98 Å². The van der Waals surface area contributed by atoms with Gasteiger partial charge in [-0.1, -0.05) is 22.9 Å². The fourth-order valence-corrected chi connectivity index (χ4v) is 2.55. The van der Waals surface area contributed by atoms with Gasteiger partial charge in [0.25, 0.3) is 5.91 Å². The summed E-state index contributed by atoms with van der Waals surface area (Å²) in [6, 6.07) is 12.3. The number of hydrogen-bond donors (Lipinski definition) is 1. The molecule has 7 nitrogen and oxygen atoms in total. The lowest BCUT2D eigenvalue weighted by molar-refractivity contribution is 0.0932. The number of hydrogen-bond acceptors (Lipinski definition) is 6. The Morgan fingerprint density at radius 3 is 2.44 bits per heavy atom. The molecule has 0 saturated heterocycles. The Bertz CT molecular complexity index is 935. The second-order valence-corrected chi connectivity index (χ2v) is 6.09. The van der Waals surface area contributed by atoms with Crippen molar-refractivity contribution in [3.8, 4) is 22.9 Å². The molecule has 0 bridgehead atoms. The first kappa shape index (κ1) is 18.4. The van der Waals surface area contributed by atoms with Crippen LogP contribution < -0.4 is 14.8 Å². The predicted molar refractivity (Wildman–Crippen MR) is 99.9 cm³/mol. The summed E-state index contributed by atoms with van der Waals surface area (Å²) >= 11 is 0. The molecule has 1 atom stereocenters. The Morgan fingerprint density at radius 2 is 1.78 bits per heavy atom. The number of carbonyl (C=O) groups is 1. The van der Waals surface area contributed by atoms with Crippen molar-refractivity contribution in [2.24, 2.45) is 0 Å². The van der Waals surface area contributed by atoms with Crippen molar-refractivity contribution in [3.05, 3.63) is 59.5 Å². The van der Waals surface area contributed by atoms with Gasteiger partial charge in [0, 0.05) is 11.1 Å². The molecule has 0 spiro atoms. The summed E-state index contributed by atoms with van der Waals surface area (Å²) in [5.41, 5.74) is 2.39. The van der Waals surface area contributed by atoms with E-state index in [1.807, 2.05) is 25.1 Å². The van der Waals surface area contributed by atoms with Crippen molar-refractivity contribution in [2.45, 2.75) is 19.9 Å². The highest BCUT2D eigenvalue weighted by molar-refractivity contribution is 5.94. The van der Waals surface area contributed by atoms with Crippen LogP contribution in [-0.2, 0) is 0 Å². The van der Waals surface area contributed by atoms with E-state index in [4.69, 9.17) is 14.0 Å². The lowest BCUT2D eigenvalue weighted by Gasteiger charge is -2.09. The number of carbonyl (C=O) groups excluding carboxylic acids is 1. The van der Waals surface area contributed by atoms with E-state index >= 15 is 0 Å². The van der Waals surface area contributed by atoms with Gasteiger partial charge >= 0.3 is 0 Å². The van der Waals surface area contributed by atoms with Gasteiger partial charge < -0.3 is 19.3 Å². The molecule has 2 aromatic carbocycles. The Kier molecular flexibility index (Phi) is 5.40. The van der Waals surface area contributed by atoms with Crippen LogP contribution in [0.25, 0.3) is 11.4 Å². The van der Waals surface area contributed by atoms with E-state index in [0.29, 0.717) is 28.8 Å². The molecule has 0 aliphatic heterocycles. The summed E-state index contributed by atoms with van der Waals surface area (Å²) in [7, 11) is 3.13. The molecule has 140 valence electrons. The fourth-order valence-electron chi connectivity index (χ4n) is 2.55. The second kappa shape index (κ2) is 7.90. The van der Waals surface area contributed by atoms with Gasteiger partial charge in [-0.05, 0) is 44.2 Å². The third-order valence-electron chi connectivity index (χ3n) is 4.12. The van der Waals surface area contributed by atoms with Gasteiger partial charge in [0.1, 0.15) is 6.04 Å². The van der Waals surface area contributed by atoms with E-state index in [0.717, 1.165) is 11.1 Å². The molecule has 3 rings (SSSR count). The van der Waals surface area contributed by atoms with Crippen LogP contribution in [-0.4, -0.2) is 30.3 Å². The highest BCUT2D eigenvalue weighted by atomic mass is 16.5. The molecule has 0 radical (unpaired) electrons. The SMILES string of the molecule is COc1ccc(-c2noc([C@H](C)NC(=O)c3ccc(C)cc3)n2)cc1OC. The van der Waals surface area contributed by atoms with Gasteiger partial charge in [0.05, 0.1) is 14.2 Å². The van der Waals surface area contributed by atoms with Crippen LogP contribution in [0.15, 0.2) is 47.0 Å². The summed E-state index contributed by atoms with van der Waals surface area (Å²) in [4.78, 5) is 16.7. The average molecular weight is 367 g/mol. The fraction of sp³-hybridized carbons (Fsp3) is 0.250. The number of ether oxygens (including phenoxy) is 2. The van der Waals surface area contributed by atoms with Crippen molar-refractivity contribution in [1.29, 1.82) is 0 Å². The number of aromatic nitrogens is 2. The third-order valence-corrected chi connectivity index (χ3v) is 4.12. The molecular weight excluding hydrogens is 346 g/mol. The molecular formula is C20H21N3O4. The summed E-state index contributed by atoms with van der Waals surface area (Å²) < 4.78 is 15.8. The molecule has 0 saturated carbocycles. The number of aryl methyl sites for hydroxylation is 1. The van der Waals surface area contributed by atoms with Crippen molar-refractivity contribution >= 4 is 5.91 Å². The van der Waals surface area contributed by atoms with E-state index in [1.165, 1.54) is 0 Å². The summed E-state index contributed by atoms with van der Waals surface area (Å²) in [5.74, 6) is 1.71. The van der Waals surface area contributed by atoms with Crippen LogP contribution in [0.1, 0.15) is 34.8 Å². The van der Waals surface area contributed by atoms with Crippen LogP contribution in [0.2, 0.25) is 0 Å². The molecule has 0 fully saturated rings. The lowest BCUT2D eigenvalue weighted by atomic mass is 10.1. The van der Waals surface area contributed by atoms with Gasteiger partial charge in [-0.15, -0.1) is 0 Å². The number of benzene rings is 2. The first-order chi connectivity index (χ1) is 13.0. The zero-order valence-electron chi connectivity index (χ0n) is 15.6. The Morgan fingerprint density at radius 1 is 1.07 bits per heavy atom. The largest absolute Gasteiger partial charge is 0.493 e. The molecule has 0 aliphatic carbocycles. The molecule has 27 heavy (non-hydrogen) atoms. The Balaban J connectivity index is 1.75. The molecule has 1 aromatic heterocycles. The minimum Gasteiger partial charge on any atom is -0.493 e. The number of amides is 1. The van der Waals surface area contributed by atoms with E-state index in [9.17, 15) is 4.79 Å². The maximum absolute atomic E-state index is 12.3. The molecule has 0 unspecified atom stereocenters. The number of rotatable bonds is 6. The summed E-state index contributed by atoms with van der Waals surface area (Å²) in [6.45, 7) is 3.76. The number of nitrogens with zero attached hydrogens (tertiary/aromatic N) is 2. The van der Waals surface area contributed by atoms with Crippen LogP contribution in [0.5, 0.6) is 11.5 Å². The minimum atomic E-state index is -0.430. The summed E-state index contributed by atoms with van der Waals surface area (Å²) in [6.07, 6.45) is 0. The van der Waals surface area contributed by atoms with Crippen LogP contribution in [0.4, 0.5) is 0 Å². The van der Waals surface area contributed by atoms with Gasteiger partial charge in [-0.25, -0.2) is 0 Å². The van der Waals surface area contributed by atoms with Crippen LogP contribution in [0.3, 0.4) is 0 Å². The summed E-state index contributed by atoms with van der Waals surface area (Å²) in [5, 5.41) is 6.85. The zero-order chi connectivity index (χ0) is 19.4. The third kappa shape index (κ3) is 4.08. The monoisotopic (exact) mass is 367 g/mol. The van der Waals surface area contributed by atoms with E-state index in [2.05, 4.69) is 15.5 Å². The molecule has 7 heteroatoms. The minimum absolute atomic E-state index is 0.201. The molecule has 0 aliphatic rings. The average Bonchev–Trinajstić information content (AvgIpc) is 3.18. The number of nitrogens with one attached hydrogen (secondary N) is 1. The van der Waals surface area contributed by atoms with Crippen molar-refractivity contribution in [2.75, 3.05) is 14.2 Å². The molecule has 3 aromatic rings. The zero-order valence-corrected chi connectivity index (χ0v) is 15.6. The maximum Gasteiger partial charge on any atom is 0.251 e. The number of methoxy groups -OCH3 is 2. The quantitative estimate of drug-likeness (QED) is 0.717. The molecule has 1 amide bonds. The standard InChI is InChI=1S/C20H21N3O4/c1-12-5-7-14(8-6-12)19(24)21-13(2)20-22-18(23-27-20)15-9-10-16(25-3)17(11-15)26-4/h5-11,13H,1-4H3,(H,21,24)/t13-/m0/s1. The van der Waals surface area contributed by atoms with Gasteiger partial charge in [0.2, 0.25) is 11.7 Å². The van der Waals surface area contributed by atoms with Crippen LogP contribution in [0, 0.1) is 6.92 Å². The van der Waals surface area contributed by atoms with Crippen molar-refractivity contribution < 1.29 is 18.8 Å². The smallest absolute Gasteiger partial charge is 0.251 e. The normalized spacial score (nSPS) is 11.7. The van der Waals surface area contributed by atoms with Crippen LogP contribution >= 0.6 is 0 Å². The lowest BCUT2D eigenvalue weighted by Crippen LogP contribution is -2.26. The first-order valence-electron chi connectivity index (χ1n) is 8.45. The van der Waals surface area contributed by atoms with Crippen molar-refractivity contribution in [1.82, 2.24) is 15.5 Å². The molecule has 1 heterocycles. The van der Waals surface area contributed by atoms with E-state index in [1.54, 1.807) is 45.4 Å². The van der Waals surface area contributed by atoms with Gasteiger partial charge in [-0.3, -0.25) is 4.79 Å². The highest BCUT2D eigenvalue weighted by Crippen LogP contribution is 2.31. The topological polar surface area (TPSA) is 86.5 Å². The van der Waals surface area contributed by atoms with E-state index in [-0.39, 0.29) is 5.91 Å². The Labute approximate surface area is 157 Å². The van der Waals surface area contributed by atoms with E-state index < -0.39 is 6.04 Å². The first-order valence-corrected chi connectivity index (χ1v) is 8.45. The van der Waals surface area contributed by atoms with Gasteiger partial charge in [0.15, 0.2) is 11.5 Å². The van der Waals surface area contributed by atoms with Crippen molar-refractivity contribution in [3.63, 3.8) is 0 Å². The molecule has 1 N–H and O–H groups in total. The Hall–Kier alpha value is -3.35. The second-order valence-electron chi connectivity index (χ2n) is 6.09.